The molecule has 0 aliphatic carbocycles. The van der Waals surface area contributed by atoms with Crippen LogP contribution in [0.5, 0.6) is 0 Å². The van der Waals surface area contributed by atoms with E-state index in [1.807, 2.05) is 25.3 Å². The molecule has 2 heteroatoms. The van der Waals surface area contributed by atoms with Gasteiger partial charge >= 0.3 is 0 Å². The van der Waals surface area contributed by atoms with E-state index in [1.54, 1.807) is 12.5 Å². The van der Waals surface area contributed by atoms with Crippen LogP contribution in [0.1, 0.15) is 5.56 Å². The molecule has 0 aromatic carbocycles. The fourth-order valence-electron chi connectivity index (χ4n) is 0.448. The number of pyridine rings is 1. The highest BCUT2D eigenvalue weighted by atomic mass is 32.1. The number of hydrogen-bond acceptors (Lipinski definition) is 2. The van der Waals surface area contributed by atoms with Gasteiger partial charge in [0.2, 0.25) is 0 Å². The van der Waals surface area contributed by atoms with E-state index < -0.39 is 0 Å². The lowest BCUT2D eigenvalue weighted by Crippen LogP contribution is -1.69. The fourth-order valence-corrected chi connectivity index (χ4v) is 0.448. The van der Waals surface area contributed by atoms with Gasteiger partial charge in [-0.05, 0) is 24.8 Å². The van der Waals surface area contributed by atoms with Gasteiger partial charge in [0.25, 0.3) is 0 Å². The van der Waals surface area contributed by atoms with Gasteiger partial charge in [-0.25, -0.2) is 0 Å². The number of nitrogens with zero attached hydrogens (tertiary/aromatic N) is 1. The van der Waals surface area contributed by atoms with Gasteiger partial charge in [0.05, 0.1) is 0 Å². The van der Waals surface area contributed by atoms with E-state index in [4.69, 9.17) is 0 Å². The Morgan fingerprint density at radius 2 is 2.11 bits per heavy atom. The molecule has 0 saturated carbocycles. The number of aryl methyl sites for hydroxylation is 1. The van der Waals surface area contributed by atoms with Gasteiger partial charge < -0.3 is 0 Å². The molecule has 1 rings (SSSR count). The summed E-state index contributed by atoms with van der Waals surface area (Å²) in [6.07, 6.45) is 5.30. The highest BCUT2D eigenvalue weighted by molar-refractivity contribution is 7.79. The first kappa shape index (κ1) is 8.50. The molecule has 0 aliphatic rings. The van der Waals surface area contributed by atoms with Crippen molar-refractivity contribution < 1.29 is 0 Å². The fraction of sp³-hybridized carbons (Fsp3) is 0.286. The third kappa shape index (κ3) is 4.03. The number of thiol groups is 1. The quantitative estimate of drug-likeness (QED) is 0.545. The predicted octanol–water partition coefficient (Wildman–Crippen LogP) is 1.94. The average Bonchev–Trinajstić information content (AvgIpc) is 1.94. The first-order chi connectivity index (χ1) is 4.39. The van der Waals surface area contributed by atoms with Gasteiger partial charge in [0.15, 0.2) is 0 Å². The molecule has 0 bridgehead atoms. The van der Waals surface area contributed by atoms with Crippen molar-refractivity contribution in [1.82, 2.24) is 4.98 Å². The summed E-state index contributed by atoms with van der Waals surface area (Å²) in [5, 5.41) is 0. The first-order valence-corrected chi connectivity index (χ1v) is 3.60. The maximum Gasteiger partial charge on any atom is 0.0297 e. The molecule has 0 N–H and O–H groups in total. The predicted molar refractivity (Wildman–Crippen MR) is 43.9 cm³/mol. The lowest BCUT2D eigenvalue weighted by molar-refractivity contribution is 1.27. The lowest BCUT2D eigenvalue weighted by Gasteiger charge is -1.82. The van der Waals surface area contributed by atoms with E-state index in [9.17, 15) is 0 Å². The Morgan fingerprint density at radius 1 is 1.44 bits per heavy atom. The van der Waals surface area contributed by atoms with Gasteiger partial charge in [0, 0.05) is 12.4 Å². The summed E-state index contributed by atoms with van der Waals surface area (Å²) in [6.45, 7) is 2.02. The number of rotatable bonds is 0. The zero-order chi connectivity index (χ0) is 7.11. The Balaban J connectivity index is 0.000000291. The normalized spacial score (nSPS) is 7.44. The largest absolute Gasteiger partial charge is 0.264 e. The maximum atomic E-state index is 3.88. The third-order valence-electron chi connectivity index (χ3n) is 0.809. The molecule has 0 spiro atoms. The lowest BCUT2D eigenvalue weighted by atomic mass is 10.3. The van der Waals surface area contributed by atoms with Crippen LogP contribution in [0.4, 0.5) is 0 Å². The van der Waals surface area contributed by atoms with Crippen molar-refractivity contribution in [2.75, 3.05) is 6.26 Å². The topological polar surface area (TPSA) is 12.9 Å². The second-order valence-electron chi connectivity index (χ2n) is 1.53. The summed E-state index contributed by atoms with van der Waals surface area (Å²) >= 11 is 3.53. The number of aromatic nitrogens is 1. The molecular formula is C7H11NS. The monoisotopic (exact) mass is 141 g/mol. The van der Waals surface area contributed by atoms with Crippen molar-refractivity contribution in [2.24, 2.45) is 0 Å². The molecule has 1 aromatic heterocycles. The Bertz CT molecular complexity index is 139. The van der Waals surface area contributed by atoms with Crippen molar-refractivity contribution in [3.63, 3.8) is 0 Å². The molecule has 0 atom stereocenters. The molecule has 9 heavy (non-hydrogen) atoms. The molecule has 1 heterocycles. The standard InChI is InChI=1S/C6H7N.CH4S/c1-6-3-2-4-7-5-6;1-2/h2-5H,1H3;2H,1H3. The van der Waals surface area contributed by atoms with Crippen LogP contribution < -0.4 is 0 Å². The minimum Gasteiger partial charge on any atom is -0.264 e. The van der Waals surface area contributed by atoms with E-state index in [1.165, 1.54) is 5.56 Å². The summed E-state index contributed by atoms with van der Waals surface area (Å²) in [7, 11) is 0. The maximum absolute atomic E-state index is 3.88. The van der Waals surface area contributed by atoms with E-state index >= 15 is 0 Å². The van der Waals surface area contributed by atoms with E-state index in [0.717, 1.165) is 0 Å². The molecular weight excluding hydrogens is 130 g/mol. The Labute approximate surface area is 61.5 Å². The van der Waals surface area contributed by atoms with Crippen LogP contribution in [0.2, 0.25) is 0 Å². The summed E-state index contributed by atoms with van der Waals surface area (Å²) < 4.78 is 0. The number of hydrogen-bond donors (Lipinski definition) is 1. The van der Waals surface area contributed by atoms with E-state index in [0.29, 0.717) is 0 Å². The molecule has 0 fully saturated rings. The molecule has 0 saturated heterocycles. The van der Waals surface area contributed by atoms with E-state index in [-0.39, 0.29) is 0 Å². The summed E-state index contributed by atoms with van der Waals surface area (Å²) in [6, 6.07) is 3.95. The Hall–Kier alpha value is -0.500. The highest BCUT2D eigenvalue weighted by Crippen LogP contribution is 1.88. The molecule has 0 radical (unpaired) electrons. The molecule has 50 valence electrons. The van der Waals surface area contributed by atoms with Crippen LogP contribution in [0.3, 0.4) is 0 Å². The molecule has 1 aromatic rings. The van der Waals surface area contributed by atoms with Crippen LogP contribution in [0.15, 0.2) is 24.5 Å². The van der Waals surface area contributed by atoms with Crippen molar-refractivity contribution in [1.29, 1.82) is 0 Å². The van der Waals surface area contributed by atoms with Gasteiger partial charge in [-0.2, -0.15) is 12.6 Å². The summed E-state index contributed by atoms with van der Waals surface area (Å²) in [4.78, 5) is 3.88. The van der Waals surface area contributed by atoms with Gasteiger partial charge in [-0.1, -0.05) is 6.07 Å². The van der Waals surface area contributed by atoms with Crippen molar-refractivity contribution in [3.8, 4) is 0 Å². The van der Waals surface area contributed by atoms with Crippen LogP contribution in [0, 0.1) is 6.92 Å². The van der Waals surface area contributed by atoms with E-state index in [2.05, 4.69) is 17.6 Å². The van der Waals surface area contributed by atoms with Crippen molar-refractivity contribution >= 4 is 12.6 Å². The van der Waals surface area contributed by atoms with Crippen LogP contribution in [-0.2, 0) is 0 Å². The minimum atomic E-state index is 1.21. The van der Waals surface area contributed by atoms with Crippen molar-refractivity contribution in [2.45, 2.75) is 6.92 Å². The minimum absolute atomic E-state index is 1.21. The molecule has 0 unspecified atom stereocenters. The van der Waals surface area contributed by atoms with Crippen LogP contribution in [-0.4, -0.2) is 11.2 Å². The van der Waals surface area contributed by atoms with Gasteiger partial charge in [-0.15, -0.1) is 0 Å². The average molecular weight is 141 g/mol. The molecule has 0 amide bonds. The Morgan fingerprint density at radius 3 is 2.33 bits per heavy atom. The van der Waals surface area contributed by atoms with Crippen LogP contribution >= 0.6 is 12.6 Å². The van der Waals surface area contributed by atoms with Gasteiger partial charge in [-0.3, -0.25) is 4.98 Å². The third-order valence-corrected chi connectivity index (χ3v) is 0.809. The zero-order valence-electron chi connectivity index (χ0n) is 5.70. The smallest absolute Gasteiger partial charge is 0.0297 e. The summed E-state index contributed by atoms with van der Waals surface area (Å²) in [5.74, 6) is 0. The zero-order valence-corrected chi connectivity index (χ0v) is 6.60. The van der Waals surface area contributed by atoms with Crippen LogP contribution in [0.25, 0.3) is 0 Å². The van der Waals surface area contributed by atoms with Crippen molar-refractivity contribution in [3.05, 3.63) is 30.1 Å². The molecule has 0 aliphatic heterocycles. The second kappa shape index (κ2) is 5.63. The van der Waals surface area contributed by atoms with Gasteiger partial charge in [0.1, 0.15) is 0 Å². The molecule has 1 nitrogen and oxygen atoms in total. The Kier molecular flexibility index (Phi) is 5.32. The first-order valence-electron chi connectivity index (χ1n) is 2.71. The second-order valence-corrected chi connectivity index (χ2v) is 1.53. The highest BCUT2D eigenvalue weighted by Gasteiger charge is 1.73. The summed E-state index contributed by atoms with van der Waals surface area (Å²) in [5.41, 5.74) is 1.21. The SMILES string of the molecule is CS.Cc1cccnc1.